The smallest absolute Gasteiger partial charge is 0.290 e. The molecule has 5 rings (SSSR count). The molecule has 2 saturated heterocycles. The van der Waals surface area contributed by atoms with Gasteiger partial charge in [0, 0.05) is 23.5 Å². The van der Waals surface area contributed by atoms with Crippen molar-refractivity contribution in [1.82, 2.24) is 15.1 Å². The summed E-state index contributed by atoms with van der Waals surface area (Å²) in [7, 11) is 1.97. The largest absolute Gasteiger partial charge is 0.451 e. The lowest BCUT2D eigenvalue weighted by Gasteiger charge is -2.54. The van der Waals surface area contributed by atoms with E-state index in [9.17, 15) is 9.59 Å². The molecule has 3 heterocycles. The Balaban J connectivity index is 1.20. The lowest BCUT2D eigenvalue weighted by molar-refractivity contribution is -0.187. The quantitative estimate of drug-likeness (QED) is 0.839. The number of fused-ring (bicyclic) bond motifs is 1. The van der Waals surface area contributed by atoms with Gasteiger partial charge in [-0.1, -0.05) is 31.0 Å². The molecule has 1 N–H and O–H groups in total. The van der Waals surface area contributed by atoms with Gasteiger partial charge in [0.05, 0.1) is 19.7 Å². The van der Waals surface area contributed by atoms with Crippen LogP contribution in [-0.4, -0.2) is 72.6 Å². The Morgan fingerprint density at radius 2 is 1.87 bits per heavy atom. The number of carbonyl (C=O) groups is 2. The molecule has 0 bridgehead atoms. The third-order valence-electron chi connectivity index (χ3n) is 6.90. The predicted molar refractivity (Wildman–Crippen MR) is 112 cm³/mol. The zero-order chi connectivity index (χ0) is 20.9. The molecule has 0 radical (unpaired) electrons. The first-order valence-electron chi connectivity index (χ1n) is 10.9. The van der Waals surface area contributed by atoms with E-state index in [4.69, 9.17) is 9.15 Å². The maximum atomic E-state index is 13.0. The highest BCUT2D eigenvalue weighted by Crippen LogP contribution is 2.34. The molecule has 3 fully saturated rings. The van der Waals surface area contributed by atoms with Gasteiger partial charge in [-0.2, -0.15) is 0 Å². The van der Waals surface area contributed by atoms with Crippen molar-refractivity contribution < 1.29 is 18.7 Å². The number of amides is 2. The molecule has 3 aliphatic rings. The second-order valence-electron chi connectivity index (χ2n) is 9.13. The third-order valence-corrected chi connectivity index (χ3v) is 6.90. The molecule has 7 heteroatoms. The number of hydrogen-bond acceptors (Lipinski definition) is 5. The fourth-order valence-electron chi connectivity index (χ4n) is 5.14. The third kappa shape index (κ3) is 3.30. The molecule has 30 heavy (non-hydrogen) atoms. The molecule has 7 nitrogen and oxygen atoms in total. The van der Waals surface area contributed by atoms with E-state index in [2.05, 4.69) is 10.2 Å². The molecule has 1 aromatic heterocycles. The van der Waals surface area contributed by atoms with Gasteiger partial charge in [0.15, 0.2) is 5.76 Å². The summed E-state index contributed by atoms with van der Waals surface area (Å²) in [6.07, 6.45) is 4.54. The standard InChI is InChI=1S/C23H29N3O4/c1-15-17-9-5-6-10-19(17)30-20(15)22(28)26-13-23(14-26)12-25(2)18(11-29-23)21(27)24-16-7-3-4-8-16/h5-6,9-10,16,18H,3-4,7-8,11-14H2,1-2H3,(H,24,27)/t18-/m0/s1. The first-order chi connectivity index (χ1) is 14.5. The van der Waals surface area contributed by atoms with Crippen LogP contribution in [0.1, 0.15) is 41.8 Å². The van der Waals surface area contributed by atoms with Crippen LogP contribution < -0.4 is 5.32 Å². The molecule has 0 unspecified atom stereocenters. The second-order valence-corrected chi connectivity index (χ2v) is 9.13. The molecule has 1 spiro atoms. The number of para-hydroxylation sites is 1. The number of likely N-dealkylation sites (N-methyl/N-ethyl adjacent to an activating group) is 1. The number of nitrogens with one attached hydrogen (secondary N) is 1. The first kappa shape index (κ1) is 19.6. The average Bonchev–Trinajstić information content (AvgIpc) is 3.33. The van der Waals surface area contributed by atoms with Gasteiger partial charge in [-0.25, -0.2) is 0 Å². The Morgan fingerprint density at radius 3 is 2.57 bits per heavy atom. The number of morpholine rings is 1. The molecule has 1 aliphatic carbocycles. The minimum atomic E-state index is -0.394. The van der Waals surface area contributed by atoms with E-state index in [0.717, 1.165) is 29.4 Å². The number of carbonyl (C=O) groups excluding carboxylic acids is 2. The number of hydrogen-bond donors (Lipinski definition) is 1. The number of likely N-dealkylation sites (tertiary alicyclic amines) is 1. The van der Waals surface area contributed by atoms with Crippen LogP contribution in [0.15, 0.2) is 28.7 Å². The molecule has 1 atom stereocenters. The zero-order valence-electron chi connectivity index (χ0n) is 17.6. The van der Waals surface area contributed by atoms with E-state index in [1.165, 1.54) is 12.8 Å². The van der Waals surface area contributed by atoms with Crippen molar-refractivity contribution in [2.24, 2.45) is 0 Å². The minimum Gasteiger partial charge on any atom is -0.451 e. The Labute approximate surface area is 176 Å². The Hall–Kier alpha value is -2.38. The molecule has 160 valence electrons. The number of benzene rings is 1. The lowest BCUT2D eigenvalue weighted by Crippen LogP contribution is -2.73. The van der Waals surface area contributed by atoms with Gasteiger partial charge in [-0.3, -0.25) is 14.5 Å². The fourth-order valence-corrected chi connectivity index (χ4v) is 5.14. The lowest BCUT2D eigenvalue weighted by atomic mass is 9.90. The number of aryl methyl sites for hydroxylation is 1. The SMILES string of the molecule is Cc1c(C(=O)N2CC3(C2)CN(C)[C@H](C(=O)NC2CCCC2)CO3)oc2ccccc12. The van der Waals surface area contributed by atoms with E-state index in [0.29, 0.717) is 38.0 Å². The van der Waals surface area contributed by atoms with Gasteiger partial charge in [-0.15, -0.1) is 0 Å². The first-order valence-corrected chi connectivity index (χ1v) is 10.9. The highest BCUT2D eigenvalue weighted by Gasteiger charge is 2.52. The Morgan fingerprint density at radius 1 is 1.13 bits per heavy atom. The Kier molecular flexibility index (Phi) is 4.82. The normalized spacial score (nSPS) is 24.3. The maximum absolute atomic E-state index is 13.0. The summed E-state index contributed by atoms with van der Waals surface area (Å²) in [5.41, 5.74) is 1.22. The highest BCUT2D eigenvalue weighted by molar-refractivity contribution is 5.99. The number of ether oxygens (including phenoxy) is 1. The molecular weight excluding hydrogens is 382 g/mol. The van der Waals surface area contributed by atoms with Crippen molar-refractivity contribution in [2.75, 3.05) is 33.3 Å². The molecule has 2 amide bonds. The van der Waals surface area contributed by atoms with Gasteiger partial charge in [0.25, 0.3) is 5.91 Å². The fraction of sp³-hybridized carbons (Fsp3) is 0.565. The van der Waals surface area contributed by atoms with Crippen LogP contribution in [-0.2, 0) is 9.53 Å². The van der Waals surface area contributed by atoms with Crippen LogP contribution in [0.25, 0.3) is 11.0 Å². The van der Waals surface area contributed by atoms with Crippen molar-refractivity contribution in [2.45, 2.75) is 50.3 Å². The van der Waals surface area contributed by atoms with E-state index in [1.54, 1.807) is 4.90 Å². The summed E-state index contributed by atoms with van der Waals surface area (Å²) in [5, 5.41) is 4.15. The van der Waals surface area contributed by atoms with Crippen LogP contribution in [0.2, 0.25) is 0 Å². The number of rotatable bonds is 3. The monoisotopic (exact) mass is 411 g/mol. The maximum Gasteiger partial charge on any atom is 0.290 e. The summed E-state index contributed by atoms with van der Waals surface area (Å²) >= 11 is 0. The number of nitrogens with zero attached hydrogens (tertiary/aromatic N) is 2. The van der Waals surface area contributed by atoms with Crippen LogP contribution in [0.5, 0.6) is 0 Å². The molecule has 1 saturated carbocycles. The summed E-state index contributed by atoms with van der Waals surface area (Å²) in [6.45, 7) is 3.96. The van der Waals surface area contributed by atoms with Crippen molar-refractivity contribution in [1.29, 1.82) is 0 Å². The highest BCUT2D eigenvalue weighted by atomic mass is 16.5. The Bertz CT molecular complexity index is 972. The van der Waals surface area contributed by atoms with Crippen molar-refractivity contribution in [3.8, 4) is 0 Å². The van der Waals surface area contributed by atoms with Crippen molar-refractivity contribution in [3.05, 3.63) is 35.6 Å². The van der Waals surface area contributed by atoms with Crippen LogP contribution in [0.3, 0.4) is 0 Å². The van der Waals surface area contributed by atoms with Gasteiger partial charge in [-0.05, 0) is 32.9 Å². The molecule has 1 aromatic carbocycles. The van der Waals surface area contributed by atoms with Gasteiger partial charge < -0.3 is 19.4 Å². The number of furan rings is 1. The second kappa shape index (κ2) is 7.39. The van der Waals surface area contributed by atoms with Crippen molar-refractivity contribution in [3.63, 3.8) is 0 Å². The summed E-state index contributed by atoms with van der Waals surface area (Å²) in [5.74, 6) is 0.370. The van der Waals surface area contributed by atoms with Crippen molar-refractivity contribution >= 4 is 22.8 Å². The van der Waals surface area contributed by atoms with Crippen LogP contribution in [0, 0.1) is 6.92 Å². The molecule has 2 aromatic rings. The summed E-state index contributed by atoms with van der Waals surface area (Å²) < 4.78 is 12.0. The predicted octanol–water partition coefficient (Wildman–Crippen LogP) is 2.33. The van der Waals surface area contributed by atoms with E-state index < -0.39 is 5.60 Å². The van der Waals surface area contributed by atoms with E-state index in [-0.39, 0.29) is 17.9 Å². The summed E-state index contributed by atoms with van der Waals surface area (Å²) in [4.78, 5) is 29.5. The summed E-state index contributed by atoms with van der Waals surface area (Å²) in [6, 6.07) is 7.75. The topological polar surface area (TPSA) is 75.0 Å². The van der Waals surface area contributed by atoms with Crippen LogP contribution >= 0.6 is 0 Å². The van der Waals surface area contributed by atoms with E-state index >= 15 is 0 Å². The van der Waals surface area contributed by atoms with Gasteiger partial charge >= 0.3 is 0 Å². The zero-order valence-corrected chi connectivity index (χ0v) is 17.6. The van der Waals surface area contributed by atoms with Crippen LogP contribution in [0.4, 0.5) is 0 Å². The van der Waals surface area contributed by atoms with E-state index in [1.807, 2.05) is 38.2 Å². The molecule has 2 aliphatic heterocycles. The molecular formula is C23H29N3O4. The minimum absolute atomic E-state index is 0.0596. The average molecular weight is 412 g/mol. The van der Waals surface area contributed by atoms with Gasteiger partial charge in [0.1, 0.15) is 17.2 Å². The van der Waals surface area contributed by atoms with Gasteiger partial charge in [0.2, 0.25) is 5.91 Å².